The third-order valence-corrected chi connectivity index (χ3v) is 5.24. The summed E-state index contributed by atoms with van der Waals surface area (Å²) in [7, 11) is -3.43. The second-order valence-corrected chi connectivity index (χ2v) is 6.77. The van der Waals surface area contributed by atoms with E-state index in [1.165, 1.54) is 23.5 Å². The SMILES string of the molecule is O=S(=O)(c1cnn(CCO)c1)N1CCCCCCC1. The van der Waals surface area contributed by atoms with Crippen molar-refractivity contribution in [3.8, 4) is 0 Å². The van der Waals surface area contributed by atoms with Gasteiger partial charge < -0.3 is 5.11 Å². The summed E-state index contributed by atoms with van der Waals surface area (Å²) < 4.78 is 28.0. The predicted octanol–water partition coefficient (Wildman–Crippen LogP) is 0.830. The lowest BCUT2D eigenvalue weighted by Gasteiger charge is -2.23. The number of hydrogen-bond acceptors (Lipinski definition) is 4. The van der Waals surface area contributed by atoms with Gasteiger partial charge in [-0.15, -0.1) is 0 Å². The monoisotopic (exact) mass is 287 g/mol. The van der Waals surface area contributed by atoms with Gasteiger partial charge in [-0.1, -0.05) is 19.3 Å². The van der Waals surface area contributed by atoms with Gasteiger partial charge in [-0.2, -0.15) is 9.40 Å². The number of rotatable bonds is 4. The molecule has 7 heteroatoms. The summed E-state index contributed by atoms with van der Waals surface area (Å²) in [5, 5.41) is 12.8. The van der Waals surface area contributed by atoms with Crippen LogP contribution in [0.3, 0.4) is 0 Å². The van der Waals surface area contributed by atoms with E-state index < -0.39 is 10.0 Å². The predicted molar refractivity (Wildman–Crippen MR) is 71.2 cm³/mol. The highest BCUT2D eigenvalue weighted by Gasteiger charge is 2.25. The Hall–Kier alpha value is -0.920. The van der Waals surface area contributed by atoms with Crippen LogP contribution in [-0.4, -0.2) is 47.3 Å². The molecule has 1 saturated heterocycles. The van der Waals surface area contributed by atoms with Gasteiger partial charge in [0, 0.05) is 19.3 Å². The van der Waals surface area contributed by atoms with E-state index in [9.17, 15) is 8.42 Å². The molecule has 0 bridgehead atoms. The zero-order valence-corrected chi connectivity index (χ0v) is 11.8. The van der Waals surface area contributed by atoms with Crippen molar-refractivity contribution in [2.45, 2.75) is 43.5 Å². The Bertz CT molecular complexity index is 490. The molecule has 0 radical (unpaired) electrons. The average Bonchev–Trinajstić information content (AvgIpc) is 2.77. The van der Waals surface area contributed by atoms with Crippen LogP contribution in [0.4, 0.5) is 0 Å². The molecule has 1 aromatic heterocycles. The van der Waals surface area contributed by atoms with E-state index in [2.05, 4.69) is 5.10 Å². The first-order chi connectivity index (χ1) is 9.14. The number of aliphatic hydroxyl groups is 1. The molecule has 19 heavy (non-hydrogen) atoms. The van der Waals surface area contributed by atoms with Gasteiger partial charge in [0.15, 0.2) is 0 Å². The van der Waals surface area contributed by atoms with Crippen LogP contribution in [0.25, 0.3) is 0 Å². The fourth-order valence-electron chi connectivity index (χ4n) is 2.31. The zero-order valence-electron chi connectivity index (χ0n) is 11.0. The van der Waals surface area contributed by atoms with Gasteiger partial charge in [0.2, 0.25) is 10.0 Å². The third kappa shape index (κ3) is 3.55. The van der Waals surface area contributed by atoms with Gasteiger partial charge in [0.05, 0.1) is 19.3 Å². The van der Waals surface area contributed by atoms with Gasteiger partial charge in [0.25, 0.3) is 0 Å². The smallest absolute Gasteiger partial charge is 0.246 e. The van der Waals surface area contributed by atoms with Crippen LogP contribution in [-0.2, 0) is 16.6 Å². The maximum Gasteiger partial charge on any atom is 0.246 e. The Labute approximate surface area is 114 Å². The summed E-state index contributed by atoms with van der Waals surface area (Å²) in [5.41, 5.74) is 0. The van der Waals surface area contributed by atoms with Crippen LogP contribution < -0.4 is 0 Å². The maximum absolute atomic E-state index is 12.5. The number of aliphatic hydroxyl groups excluding tert-OH is 1. The standard InChI is InChI=1S/C12H21N3O3S/c16-9-8-14-11-12(10-13-14)19(17,18)15-6-4-2-1-3-5-7-15/h10-11,16H,1-9H2. The lowest BCUT2D eigenvalue weighted by Crippen LogP contribution is -2.33. The molecule has 6 nitrogen and oxygen atoms in total. The summed E-state index contributed by atoms with van der Waals surface area (Å²) >= 11 is 0. The van der Waals surface area contributed by atoms with Crippen LogP contribution in [0.5, 0.6) is 0 Å². The van der Waals surface area contributed by atoms with E-state index in [1.807, 2.05) is 0 Å². The fraction of sp³-hybridized carbons (Fsp3) is 0.750. The molecule has 0 aliphatic carbocycles. The fourth-order valence-corrected chi connectivity index (χ4v) is 3.78. The van der Waals surface area contributed by atoms with Crippen molar-refractivity contribution in [1.29, 1.82) is 0 Å². The molecule has 0 unspecified atom stereocenters. The first-order valence-electron chi connectivity index (χ1n) is 6.78. The molecule has 2 rings (SSSR count). The highest BCUT2D eigenvalue weighted by atomic mass is 32.2. The van der Waals surface area contributed by atoms with Crippen molar-refractivity contribution in [1.82, 2.24) is 14.1 Å². The van der Waals surface area contributed by atoms with E-state index in [1.54, 1.807) is 4.31 Å². The summed E-state index contributed by atoms with van der Waals surface area (Å²) in [6, 6.07) is 0. The number of nitrogens with zero attached hydrogens (tertiary/aromatic N) is 3. The van der Waals surface area contributed by atoms with Crippen molar-refractivity contribution >= 4 is 10.0 Å². The molecular weight excluding hydrogens is 266 g/mol. The lowest BCUT2D eigenvalue weighted by atomic mass is 10.1. The van der Waals surface area contributed by atoms with E-state index in [0.717, 1.165) is 25.7 Å². The minimum Gasteiger partial charge on any atom is -0.394 e. The highest BCUT2D eigenvalue weighted by molar-refractivity contribution is 7.89. The van der Waals surface area contributed by atoms with E-state index in [-0.39, 0.29) is 11.5 Å². The van der Waals surface area contributed by atoms with Crippen LogP contribution in [0.2, 0.25) is 0 Å². The Morgan fingerprint density at radius 2 is 1.79 bits per heavy atom. The number of aromatic nitrogens is 2. The topological polar surface area (TPSA) is 75.4 Å². The number of sulfonamides is 1. The molecule has 0 aromatic carbocycles. The Balaban J connectivity index is 2.14. The Kier molecular flexibility index (Phi) is 4.95. The second kappa shape index (κ2) is 6.49. The van der Waals surface area contributed by atoms with Crippen LogP contribution in [0.1, 0.15) is 32.1 Å². The molecule has 1 fully saturated rings. The van der Waals surface area contributed by atoms with Crippen molar-refractivity contribution in [3.63, 3.8) is 0 Å². The summed E-state index contributed by atoms with van der Waals surface area (Å²) in [4.78, 5) is 0.224. The average molecular weight is 287 g/mol. The summed E-state index contributed by atoms with van der Waals surface area (Å²) in [5.74, 6) is 0. The zero-order chi connectivity index (χ0) is 13.7. The van der Waals surface area contributed by atoms with Gasteiger partial charge in [-0.25, -0.2) is 8.42 Å². The molecule has 0 atom stereocenters. The minimum absolute atomic E-state index is 0.0507. The first kappa shape index (κ1) is 14.5. The van der Waals surface area contributed by atoms with Gasteiger partial charge >= 0.3 is 0 Å². The first-order valence-corrected chi connectivity index (χ1v) is 8.22. The molecule has 0 spiro atoms. The lowest BCUT2D eigenvalue weighted by molar-refractivity contribution is 0.269. The minimum atomic E-state index is -3.43. The van der Waals surface area contributed by atoms with Crippen LogP contribution >= 0.6 is 0 Å². The largest absolute Gasteiger partial charge is 0.394 e. The van der Waals surface area contributed by atoms with E-state index in [0.29, 0.717) is 19.6 Å². The maximum atomic E-state index is 12.5. The van der Waals surface area contributed by atoms with Crippen molar-refractivity contribution in [2.24, 2.45) is 0 Å². The third-order valence-electron chi connectivity index (χ3n) is 3.39. The molecule has 1 aliphatic rings. The molecular formula is C12H21N3O3S. The Morgan fingerprint density at radius 3 is 2.42 bits per heavy atom. The van der Waals surface area contributed by atoms with Crippen molar-refractivity contribution < 1.29 is 13.5 Å². The second-order valence-electron chi connectivity index (χ2n) is 4.83. The van der Waals surface area contributed by atoms with Gasteiger partial charge in [0.1, 0.15) is 4.90 Å². The normalized spacial score (nSPS) is 19.0. The molecule has 108 valence electrons. The Morgan fingerprint density at radius 1 is 1.16 bits per heavy atom. The number of hydrogen-bond donors (Lipinski definition) is 1. The summed E-state index contributed by atoms with van der Waals surface area (Å²) in [6.07, 6.45) is 8.08. The van der Waals surface area contributed by atoms with Crippen molar-refractivity contribution in [3.05, 3.63) is 12.4 Å². The quantitative estimate of drug-likeness (QED) is 0.890. The molecule has 1 aromatic rings. The van der Waals surface area contributed by atoms with E-state index >= 15 is 0 Å². The van der Waals surface area contributed by atoms with Gasteiger partial charge in [-0.05, 0) is 12.8 Å². The van der Waals surface area contributed by atoms with Crippen molar-refractivity contribution in [2.75, 3.05) is 19.7 Å². The molecule has 0 amide bonds. The van der Waals surface area contributed by atoms with Gasteiger partial charge in [-0.3, -0.25) is 4.68 Å². The van der Waals surface area contributed by atoms with Crippen LogP contribution in [0, 0.1) is 0 Å². The molecule has 1 aliphatic heterocycles. The molecule has 0 saturated carbocycles. The molecule has 2 heterocycles. The van der Waals surface area contributed by atoms with Crippen LogP contribution in [0.15, 0.2) is 17.3 Å². The molecule has 1 N–H and O–H groups in total. The summed E-state index contributed by atoms with van der Waals surface area (Å²) in [6.45, 7) is 1.45. The van der Waals surface area contributed by atoms with E-state index in [4.69, 9.17) is 5.11 Å². The highest BCUT2D eigenvalue weighted by Crippen LogP contribution is 2.19.